The third kappa shape index (κ3) is 4.84. The fourth-order valence-electron chi connectivity index (χ4n) is 2.43. The molecule has 1 aromatic heterocycles. The maximum Gasteiger partial charge on any atom is 0.148 e. The molecule has 1 atom stereocenters. The van der Waals surface area contributed by atoms with Gasteiger partial charge in [-0.1, -0.05) is 6.92 Å². The van der Waals surface area contributed by atoms with Crippen LogP contribution in [-0.2, 0) is 11.8 Å². The predicted octanol–water partition coefficient (Wildman–Crippen LogP) is 1.79. The molecule has 0 amide bonds. The van der Waals surface area contributed by atoms with Gasteiger partial charge in [0, 0.05) is 25.9 Å². The van der Waals surface area contributed by atoms with Crippen LogP contribution in [-0.4, -0.2) is 40.2 Å². The van der Waals surface area contributed by atoms with Crippen LogP contribution in [0.1, 0.15) is 32.6 Å². The number of hydrogen-bond acceptors (Lipinski definition) is 4. The van der Waals surface area contributed by atoms with Gasteiger partial charge in [-0.05, 0) is 31.6 Å². The first kappa shape index (κ1) is 14.3. The molecule has 1 aliphatic rings. The normalized spacial score (nSPS) is 25.2. The van der Waals surface area contributed by atoms with Gasteiger partial charge in [-0.3, -0.25) is 4.68 Å². The lowest BCUT2D eigenvalue weighted by molar-refractivity contribution is -0.0245. The summed E-state index contributed by atoms with van der Waals surface area (Å²) in [4.78, 5) is 0. The molecule has 2 rings (SSSR count). The molecule has 1 heterocycles. The van der Waals surface area contributed by atoms with E-state index in [0.717, 1.165) is 24.6 Å². The van der Waals surface area contributed by atoms with E-state index in [2.05, 4.69) is 17.3 Å². The zero-order valence-corrected chi connectivity index (χ0v) is 11.9. The smallest absolute Gasteiger partial charge is 0.148 e. The Labute approximate surface area is 115 Å². The molecule has 1 fully saturated rings. The molecule has 0 bridgehead atoms. The molecular formula is C14H25N3O2. The first-order chi connectivity index (χ1) is 9.13. The highest BCUT2D eigenvalue weighted by Crippen LogP contribution is 2.25. The molecule has 0 radical (unpaired) electrons. The lowest BCUT2D eigenvalue weighted by atomic mass is 9.89. The number of anilines is 1. The Bertz CT molecular complexity index is 373. The van der Waals surface area contributed by atoms with Crippen LogP contribution in [0.25, 0.3) is 0 Å². The molecule has 1 aliphatic carbocycles. The number of aromatic nitrogens is 2. The number of ether oxygens (including phenoxy) is 1. The van der Waals surface area contributed by atoms with Crippen LogP contribution < -0.4 is 5.32 Å². The topological polar surface area (TPSA) is 59.3 Å². The second kappa shape index (κ2) is 6.91. The van der Waals surface area contributed by atoms with E-state index in [1.807, 2.05) is 19.3 Å². The number of aryl methyl sites for hydroxylation is 1. The Morgan fingerprint density at radius 2 is 2.21 bits per heavy atom. The van der Waals surface area contributed by atoms with Gasteiger partial charge in [-0.15, -0.1) is 0 Å². The number of aliphatic hydroxyl groups excluding tert-OH is 1. The monoisotopic (exact) mass is 267 g/mol. The zero-order valence-electron chi connectivity index (χ0n) is 11.9. The van der Waals surface area contributed by atoms with Gasteiger partial charge in [0.05, 0.1) is 18.8 Å². The third-order valence-corrected chi connectivity index (χ3v) is 3.72. The maximum absolute atomic E-state index is 9.88. The lowest BCUT2D eigenvalue weighted by Gasteiger charge is -2.27. The van der Waals surface area contributed by atoms with Gasteiger partial charge in [0.15, 0.2) is 0 Å². The number of rotatable bonds is 6. The summed E-state index contributed by atoms with van der Waals surface area (Å²) in [6.45, 7) is 3.17. The van der Waals surface area contributed by atoms with Crippen LogP contribution in [0, 0.1) is 5.92 Å². The van der Waals surface area contributed by atoms with Gasteiger partial charge in [-0.25, -0.2) is 0 Å². The van der Waals surface area contributed by atoms with Crippen molar-refractivity contribution in [2.45, 2.75) is 44.8 Å². The number of hydrogen-bond donors (Lipinski definition) is 2. The molecule has 0 aliphatic heterocycles. The van der Waals surface area contributed by atoms with Crippen molar-refractivity contribution in [1.82, 2.24) is 9.78 Å². The molecule has 19 heavy (non-hydrogen) atoms. The number of nitrogens with zero attached hydrogens (tertiary/aromatic N) is 2. The minimum atomic E-state index is -0.485. The SMILES string of the molecule is CC1CCC(OCC(O)CNc2ccn(C)n2)CC1. The second-order valence-corrected chi connectivity index (χ2v) is 5.62. The van der Waals surface area contributed by atoms with Gasteiger partial charge in [0.2, 0.25) is 0 Å². The van der Waals surface area contributed by atoms with Crippen molar-refractivity contribution < 1.29 is 9.84 Å². The highest BCUT2D eigenvalue weighted by molar-refractivity contribution is 5.31. The van der Waals surface area contributed by atoms with Gasteiger partial charge >= 0.3 is 0 Å². The van der Waals surface area contributed by atoms with E-state index in [4.69, 9.17) is 4.74 Å². The van der Waals surface area contributed by atoms with E-state index in [1.54, 1.807) is 4.68 Å². The minimum Gasteiger partial charge on any atom is -0.389 e. The summed E-state index contributed by atoms with van der Waals surface area (Å²) in [6, 6.07) is 1.89. The Hall–Kier alpha value is -1.07. The Balaban J connectivity index is 1.60. The summed E-state index contributed by atoms with van der Waals surface area (Å²) >= 11 is 0. The summed E-state index contributed by atoms with van der Waals surface area (Å²) in [5.41, 5.74) is 0. The molecular weight excluding hydrogens is 242 g/mol. The van der Waals surface area contributed by atoms with Crippen LogP contribution in [0.5, 0.6) is 0 Å². The third-order valence-electron chi connectivity index (χ3n) is 3.72. The average Bonchev–Trinajstić information content (AvgIpc) is 2.81. The molecule has 108 valence electrons. The van der Waals surface area contributed by atoms with Crippen LogP contribution >= 0.6 is 0 Å². The first-order valence-electron chi connectivity index (χ1n) is 7.16. The highest BCUT2D eigenvalue weighted by Gasteiger charge is 2.19. The quantitative estimate of drug-likeness (QED) is 0.825. The van der Waals surface area contributed by atoms with Crippen molar-refractivity contribution in [2.75, 3.05) is 18.5 Å². The van der Waals surface area contributed by atoms with E-state index in [9.17, 15) is 5.11 Å². The standard InChI is InChI=1S/C14H25N3O2/c1-11-3-5-13(6-4-11)19-10-12(18)9-15-14-7-8-17(2)16-14/h7-8,11-13,18H,3-6,9-10H2,1-2H3,(H,15,16). The molecule has 1 aromatic rings. The molecule has 0 saturated heterocycles. The average molecular weight is 267 g/mol. The van der Waals surface area contributed by atoms with Gasteiger partial charge in [-0.2, -0.15) is 5.10 Å². The fourth-order valence-corrected chi connectivity index (χ4v) is 2.43. The van der Waals surface area contributed by atoms with Crippen LogP contribution in [0.4, 0.5) is 5.82 Å². The molecule has 1 unspecified atom stereocenters. The summed E-state index contributed by atoms with van der Waals surface area (Å²) in [6.07, 6.45) is 6.46. The van der Waals surface area contributed by atoms with Gasteiger partial charge in [0.1, 0.15) is 5.82 Å². The van der Waals surface area contributed by atoms with Crippen molar-refractivity contribution in [2.24, 2.45) is 13.0 Å². The largest absolute Gasteiger partial charge is 0.389 e. The van der Waals surface area contributed by atoms with Crippen molar-refractivity contribution in [3.05, 3.63) is 12.3 Å². The van der Waals surface area contributed by atoms with Gasteiger partial charge < -0.3 is 15.2 Å². The zero-order chi connectivity index (χ0) is 13.7. The van der Waals surface area contributed by atoms with Crippen molar-refractivity contribution in [3.8, 4) is 0 Å². The summed E-state index contributed by atoms with van der Waals surface area (Å²) in [7, 11) is 1.87. The Kier molecular flexibility index (Phi) is 5.22. The molecule has 0 spiro atoms. The van der Waals surface area contributed by atoms with E-state index in [-0.39, 0.29) is 0 Å². The highest BCUT2D eigenvalue weighted by atomic mass is 16.5. The van der Waals surface area contributed by atoms with E-state index in [0.29, 0.717) is 19.3 Å². The van der Waals surface area contributed by atoms with E-state index < -0.39 is 6.10 Å². The summed E-state index contributed by atoms with van der Waals surface area (Å²) in [5, 5.41) is 17.2. The number of aliphatic hydroxyl groups is 1. The summed E-state index contributed by atoms with van der Waals surface area (Å²) < 4.78 is 7.50. The first-order valence-corrected chi connectivity index (χ1v) is 7.16. The van der Waals surface area contributed by atoms with Crippen molar-refractivity contribution in [1.29, 1.82) is 0 Å². The molecule has 5 heteroatoms. The minimum absolute atomic E-state index is 0.334. The predicted molar refractivity (Wildman–Crippen MR) is 75.1 cm³/mol. The van der Waals surface area contributed by atoms with E-state index >= 15 is 0 Å². The van der Waals surface area contributed by atoms with Gasteiger partial charge in [0.25, 0.3) is 0 Å². The fraction of sp³-hybridized carbons (Fsp3) is 0.786. The Morgan fingerprint density at radius 3 is 2.84 bits per heavy atom. The molecule has 1 saturated carbocycles. The summed E-state index contributed by atoms with van der Waals surface area (Å²) in [5.74, 6) is 1.61. The molecule has 2 N–H and O–H groups in total. The van der Waals surface area contributed by atoms with Crippen molar-refractivity contribution >= 4 is 5.82 Å². The molecule has 0 aromatic carbocycles. The Morgan fingerprint density at radius 1 is 1.47 bits per heavy atom. The van der Waals surface area contributed by atoms with E-state index in [1.165, 1.54) is 12.8 Å². The van der Waals surface area contributed by atoms with Crippen LogP contribution in [0.15, 0.2) is 12.3 Å². The van der Waals surface area contributed by atoms with Crippen molar-refractivity contribution in [3.63, 3.8) is 0 Å². The number of nitrogens with one attached hydrogen (secondary N) is 1. The maximum atomic E-state index is 9.88. The van der Waals surface area contributed by atoms with Crippen LogP contribution in [0.3, 0.4) is 0 Å². The molecule has 5 nitrogen and oxygen atoms in total. The van der Waals surface area contributed by atoms with Crippen LogP contribution in [0.2, 0.25) is 0 Å². The second-order valence-electron chi connectivity index (χ2n) is 5.62. The lowest BCUT2D eigenvalue weighted by Crippen LogP contribution is -2.29.